The molecule has 1 N–H and O–H groups in total. The molecule has 1 amide bonds. The van der Waals surface area contributed by atoms with Gasteiger partial charge in [0.25, 0.3) is 0 Å². The van der Waals surface area contributed by atoms with Crippen LogP contribution in [0.5, 0.6) is 0 Å². The van der Waals surface area contributed by atoms with Gasteiger partial charge in [0.2, 0.25) is 5.91 Å². The van der Waals surface area contributed by atoms with Gasteiger partial charge in [-0.25, -0.2) is 0 Å². The molecule has 94 valence electrons. The van der Waals surface area contributed by atoms with E-state index in [2.05, 4.69) is 33.2 Å². The fourth-order valence-corrected chi connectivity index (χ4v) is 1.69. The highest BCUT2D eigenvalue weighted by atomic mass is 79.9. The molecule has 0 spiro atoms. The Morgan fingerprint density at radius 2 is 2.24 bits per heavy atom. The number of halogens is 1. The highest BCUT2D eigenvalue weighted by Crippen LogP contribution is 2.12. The number of carbonyl (C=O) groups excluding carboxylic acids is 1. The lowest BCUT2D eigenvalue weighted by Gasteiger charge is -2.14. The van der Waals surface area contributed by atoms with Gasteiger partial charge in [-0.05, 0) is 24.0 Å². The molecule has 17 heavy (non-hydrogen) atoms. The summed E-state index contributed by atoms with van der Waals surface area (Å²) in [6.07, 6.45) is 2.69. The third-order valence-electron chi connectivity index (χ3n) is 2.63. The minimum Gasteiger partial charge on any atom is -0.349 e. The van der Waals surface area contributed by atoms with Gasteiger partial charge in [-0.1, -0.05) is 42.8 Å². The van der Waals surface area contributed by atoms with Crippen molar-refractivity contribution < 1.29 is 4.79 Å². The van der Waals surface area contributed by atoms with Crippen molar-refractivity contribution in [3.8, 4) is 0 Å². The van der Waals surface area contributed by atoms with Gasteiger partial charge >= 0.3 is 0 Å². The van der Waals surface area contributed by atoms with Crippen LogP contribution in [-0.2, 0) is 17.8 Å². The molecule has 0 saturated heterocycles. The first-order valence-electron chi connectivity index (χ1n) is 5.90. The molecule has 0 saturated carbocycles. The Morgan fingerprint density at radius 3 is 2.82 bits per heavy atom. The molecule has 4 heteroatoms. The van der Waals surface area contributed by atoms with Crippen molar-refractivity contribution in [3.63, 3.8) is 0 Å². The van der Waals surface area contributed by atoms with E-state index in [0.29, 0.717) is 6.54 Å². The molecule has 1 aromatic rings. The van der Waals surface area contributed by atoms with Gasteiger partial charge in [0.05, 0.1) is 17.1 Å². The van der Waals surface area contributed by atoms with E-state index in [4.69, 9.17) is 0 Å². The van der Waals surface area contributed by atoms with Crippen LogP contribution in [0.2, 0.25) is 0 Å². The zero-order chi connectivity index (χ0) is 12.8. The Labute approximate surface area is 111 Å². The average molecular weight is 299 g/mol. The van der Waals surface area contributed by atoms with Gasteiger partial charge in [-0.15, -0.1) is 0 Å². The Bertz CT molecular complexity index is 379. The summed E-state index contributed by atoms with van der Waals surface area (Å²) >= 11 is 3.38. The number of rotatable bonds is 5. The zero-order valence-electron chi connectivity index (χ0n) is 10.5. The first-order valence-corrected chi connectivity index (χ1v) is 6.82. The second-order valence-corrected chi connectivity index (χ2v) is 5.31. The van der Waals surface area contributed by atoms with Crippen LogP contribution in [0, 0.1) is 5.92 Å². The summed E-state index contributed by atoms with van der Waals surface area (Å²) in [4.78, 5) is 15.9. The number of pyridine rings is 1. The Hall–Kier alpha value is -0.900. The van der Waals surface area contributed by atoms with E-state index in [0.717, 1.165) is 12.1 Å². The molecule has 1 heterocycles. The quantitative estimate of drug-likeness (QED) is 0.849. The second-order valence-electron chi connectivity index (χ2n) is 4.33. The summed E-state index contributed by atoms with van der Waals surface area (Å²) < 4.78 is 0. The molecule has 0 aliphatic carbocycles. The monoisotopic (exact) mass is 298 g/mol. The number of aryl methyl sites for hydroxylation is 1. The molecular weight excluding hydrogens is 280 g/mol. The van der Waals surface area contributed by atoms with Crippen LogP contribution in [0.1, 0.15) is 32.0 Å². The maximum atomic E-state index is 11.8. The Kier molecular flexibility index (Phi) is 5.62. The molecule has 3 nitrogen and oxygen atoms in total. The fourth-order valence-electron chi connectivity index (χ4n) is 1.52. The van der Waals surface area contributed by atoms with Crippen molar-refractivity contribution in [2.45, 2.75) is 38.6 Å². The van der Waals surface area contributed by atoms with E-state index < -0.39 is 0 Å². The van der Waals surface area contributed by atoms with E-state index in [1.807, 2.05) is 26.0 Å². The Morgan fingerprint density at radius 1 is 1.53 bits per heavy atom. The average Bonchev–Trinajstić information content (AvgIpc) is 2.35. The first-order chi connectivity index (χ1) is 8.06. The summed E-state index contributed by atoms with van der Waals surface area (Å²) in [5.74, 6) is 0.303. The van der Waals surface area contributed by atoms with Crippen molar-refractivity contribution in [3.05, 3.63) is 29.6 Å². The number of alkyl halides is 1. The number of hydrogen-bond donors (Lipinski definition) is 1. The Balaban J connectivity index is 2.58. The van der Waals surface area contributed by atoms with Gasteiger partial charge in [0.15, 0.2) is 0 Å². The first kappa shape index (κ1) is 14.2. The largest absolute Gasteiger partial charge is 0.349 e. The number of nitrogens with zero attached hydrogens (tertiary/aromatic N) is 1. The minimum absolute atomic E-state index is 0.0210. The summed E-state index contributed by atoms with van der Waals surface area (Å²) in [5.41, 5.74) is 2.13. The van der Waals surface area contributed by atoms with E-state index in [9.17, 15) is 4.79 Å². The van der Waals surface area contributed by atoms with Crippen LogP contribution in [0.25, 0.3) is 0 Å². The van der Waals surface area contributed by atoms with Gasteiger partial charge in [0, 0.05) is 6.20 Å². The lowest BCUT2D eigenvalue weighted by atomic mass is 10.1. The van der Waals surface area contributed by atoms with Gasteiger partial charge < -0.3 is 5.32 Å². The molecule has 1 rings (SSSR count). The molecule has 1 unspecified atom stereocenters. The van der Waals surface area contributed by atoms with E-state index in [1.165, 1.54) is 5.56 Å². The summed E-state index contributed by atoms with van der Waals surface area (Å²) in [6, 6.07) is 3.97. The topological polar surface area (TPSA) is 42.0 Å². The molecular formula is C13H19BrN2O. The van der Waals surface area contributed by atoms with Crippen LogP contribution in [0.15, 0.2) is 18.3 Å². The van der Waals surface area contributed by atoms with Crippen LogP contribution >= 0.6 is 15.9 Å². The van der Waals surface area contributed by atoms with E-state index >= 15 is 0 Å². The van der Waals surface area contributed by atoms with E-state index in [-0.39, 0.29) is 16.7 Å². The molecule has 1 atom stereocenters. The second kappa shape index (κ2) is 6.74. The summed E-state index contributed by atoms with van der Waals surface area (Å²) in [5, 5.41) is 2.91. The van der Waals surface area contributed by atoms with Crippen molar-refractivity contribution in [1.29, 1.82) is 0 Å². The predicted octanol–water partition coefficient (Wildman–Crippen LogP) is 2.68. The van der Waals surface area contributed by atoms with Crippen LogP contribution in [0.4, 0.5) is 0 Å². The number of nitrogens with one attached hydrogen (secondary N) is 1. The van der Waals surface area contributed by atoms with E-state index in [1.54, 1.807) is 6.20 Å². The predicted molar refractivity (Wildman–Crippen MR) is 73.0 cm³/mol. The van der Waals surface area contributed by atoms with Gasteiger partial charge in [-0.2, -0.15) is 0 Å². The zero-order valence-corrected chi connectivity index (χ0v) is 12.1. The van der Waals surface area contributed by atoms with Crippen molar-refractivity contribution in [1.82, 2.24) is 10.3 Å². The maximum Gasteiger partial charge on any atom is 0.234 e. The number of carbonyl (C=O) groups is 1. The van der Waals surface area contributed by atoms with Crippen LogP contribution in [-0.4, -0.2) is 15.7 Å². The number of aromatic nitrogens is 1. The smallest absolute Gasteiger partial charge is 0.234 e. The van der Waals surface area contributed by atoms with Crippen molar-refractivity contribution in [2.75, 3.05) is 0 Å². The lowest BCUT2D eigenvalue weighted by Crippen LogP contribution is -2.34. The van der Waals surface area contributed by atoms with Crippen molar-refractivity contribution >= 4 is 21.8 Å². The third-order valence-corrected chi connectivity index (χ3v) is 4.10. The SMILES string of the molecule is CCc1cccnc1CNC(=O)C(Br)C(C)C. The highest BCUT2D eigenvalue weighted by Gasteiger charge is 2.18. The van der Waals surface area contributed by atoms with Crippen LogP contribution in [0.3, 0.4) is 0 Å². The molecule has 0 aromatic carbocycles. The molecule has 1 aromatic heterocycles. The maximum absolute atomic E-state index is 11.8. The molecule has 0 fully saturated rings. The fraction of sp³-hybridized carbons (Fsp3) is 0.538. The number of amides is 1. The molecule has 0 radical (unpaired) electrons. The van der Waals surface area contributed by atoms with Gasteiger partial charge in [-0.3, -0.25) is 9.78 Å². The standard InChI is InChI=1S/C13H19BrN2O/c1-4-10-6-5-7-15-11(10)8-16-13(17)12(14)9(2)3/h5-7,9,12H,4,8H2,1-3H3,(H,16,17). The summed E-state index contributed by atoms with van der Waals surface area (Å²) in [6.45, 7) is 6.61. The third kappa shape index (κ3) is 4.11. The molecule has 0 bridgehead atoms. The normalized spacial score (nSPS) is 12.5. The molecule has 0 aliphatic rings. The van der Waals surface area contributed by atoms with Gasteiger partial charge in [0.1, 0.15) is 0 Å². The van der Waals surface area contributed by atoms with Crippen LogP contribution < -0.4 is 5.32 Å². The highest BCUT2D eigenvalue weighted by molar-refractivity contribution is 9.10. The lowest BCUT2D eigenvalue weighted by molar-refractivity contribution is -0.121. The summed E-state index contributed by atoms with van der Waals surface area (Å²) in [7, 11) is 0. The number of hydrogen-bond acceptors (Lipinski definition) is 2. The minimum atomic E-state index is -0.142. The molecule has 0 aliphatic heterocycles. The van der Waals surface area contributed by atoms with Crippen molar-refractivity contribution in [2.24, 2.45) is 5.92 Å².